The van der Waals surface area contributed by atoms with E-state index >= 15 is 0 Å². The lowest BCUT2D eigenvalue weighted by molar-refractivity contribution is 0.275. The first kappa shape index (κ1) is 13.3. The van der Waals surface area contributed by atoms with Gasteiger partial charge in [-0.05, 0) is 53.3 Å². The fourth-order valence-electron chi connectivity index (χ4n) is 1.99. The second-order valence-corrected chi connectivity index (χ2v) is 5.32. The number of nitrogen functional groups attached to an aromatic ring is 1. The summed E-state index contributed by atoms with van der Waals surface area (Å²) in [6, 6.07) is 10.1. The molecule has 0 radical (unpaired) electrons. The second-order valence-electron chi connectivity index (χ2n) is 4.47. The zero-order valence-corrected chi connectivity index (χ0v) is 11.3. The number of fused-ring (bicyclic) bond motifs is 1. The van der Waals surface area contributed by atoms with Gasteiger partial charge < -0.3 is 20.1 Å². The highest BCUT2D eigenvalue weighted by molar-refractivity contribution is 8.00. The molecule has 0 saturated heterocycles. The van der Waals surface area contributed by atoms with Crippen molar-refractivity contribution < 1.29 is 14.1 Å². The Kier molecular flexibility index (Phi) is 3.56. The van der Waals surface area contributed by atoms with Crippen LogP contribution in [0.1, 0.15) is 5.56 Å². The van der Waals surface area contributed by atoms with Crippen molar-refractivity contribution in [3.63, 3.8) is 0 Å². The van der Waals surface area contributed by atoms with Gasteiger partial charge in [0.2, 0.25) is 0 Å². The molecule has 0 bridgehead atoms. The number of nitrogens with two attached hydrogens (primary N) is 1. The van der Waals surface area contributed by atoms with Crippen molar-refractivity contribution >= 4 is 35.9 Å². The standard InChI is InChI=1S/C13H12BFN2O2S/c15-12-5-9(16)2-4-13(12)20-17-10-3-1-8-7-19-14(18)11(8)6-10/h1-6,17-18H,7,16H2. The first-order valence-electron chi connectivity index (χ1n) is 6.04. The highest BCUT2D eigenvalue weighted by atomic mass is 32.2. The molecule has 0 saturated carbocycles. The van der Waals surface area contributed by atoms with Gasteiger partial charge in [0.25, 0.3) is 0 Å². The Balaban J connectivity index is 1.74. The monoisotopic (exact) mass is 290 g/mol. The zero-order chi connectivity index (χ0) is 14.1. The average Bonchev–Trinajstić information content (AvgIpc) is 2.79. The fraction of sp³-hybridized carbons (Fsp3) is 0.0769. The molecular weight excluding hydrogens is 278 g/mol. The number of benzene rings is 2. The van der Waals surface area contributed by atoms with Crippen LogP contribution in [0.3, 0.4) is 0 Å². The topological polar surface area (TPSA) is 67.5 Å². The summed E-state index contributed by atoms with van der Waals surface area (Å²) in [6.45, 7) is 0.413. The van der Waals surface area contributed by atoms with Gasteiger partial charge in [0, 0.05) is 11.4 Å². The lowest BCUT2D eigenvalue weighted by atomic mass is 9.79. The molecule has 4 N–H and O–H groups in total. The minimum Gasteiger partial charge on any atom is -0.423 e. The molecule has 2 aromatic rings. The van der Waals surface area contributed by atoms with Crippen LogP contribution >= 0.6 is 11.9 Å². The number of nitrogens with one attached hydrogen (secondary N) is 1. The van der Waals surface area contributed by atoms with Gasteiger partial charge in [-0.2, -0.15) is 0 Å². The van der Waals surface area contributed by atoms with Crippen molar-refractivity contribution in [2.45, 2.75) is 11.5 Å². The Morgan fingerprint density at radius 3 is 2.95 bits per heavy atom. The summed E-state index contributed by atoms with van der Waals surface area (Å²) in [7, 11) is -0.884. The number of rotatable bonds is 3. The third-order valence-corrected chi connectivity index (χ3v) is 3.93. The highest BCUT2D eigenvalue weighted by Crippen LogP contribution is 2.25. The van der Waals surface area contributed by atoms with Crippen molar-refractivity contribution in [3.05, 3.63) is 47.8 Å². The van der Waals surface area contributed by atoms with Crippen LogP contribution in [-0.2, 0) is 11.3 Å². The molecule has 3 rings (SSSR count). The minimum atomic E-state index is -0.884. The van der Waals surface area contributed by atoms with Crippen LogP contribution in [0.4, 0.5) is 15.8 Å². The first-order valence-corrected chi connectivity index (χ1v) is 6.85. The molecule has 20 heavy (non-hydrogen) atoms. The van der Waals surface area contributed by atoms with E-state index in [4.69, 9.17) is 10.4 Å². The van der Waals surface area contributed by atoms with Crippen molar-refractivity contribution in [1.29, 1.82) is 0 Å². The fourth-order valence-corrected chi connectivity index (χ4v) is 2.64. The van der Waals surface area contributed by atoms with Crippen LogP contribution in [0.5, 0.6) is 0 Å². The van der Waals surface area contributed by atoms with Crippen LogP contribution in [0.15, 0.2) is 41.3 Å². The summed E-state index contributed by atoms with van der Waals surface area (Å²) in [5.41, 5.74) is 8.37. The Bertz CT molecular complexity index is 656. The predicted molar refractivity (Wildman–Crippen MR) is 79.1 cm³/mol. The van der Waals surface area contributed by atoms with Gasteiger partial charge in [-0.1, -0.05) is 6.07 Å². The summed E-state index contributed by atoms with van der Waals surface area (Å²) in [5, 5.41) is 9.64. The second kappa shape index (κ2) is 5.36. The van der Waals surface area contributed by atoms with Gasteiger partial charge in [0.05, 0.1) is 11.5 Å². The molecule has 102 valence electrons. The summed E-state index contributed by atoms with van der Waals surface area (Å²) >= 11 is 1.15. The molecular formula is C13H12BFN2O2S. The molecule has 0 atom stereocenters. The largest absolute Gasteiger partial charge is 0.491 e. The van der Waals surface area contributed by atoms with E-state index < -0.39 is 7.12 Å². The minimum absolute atomic E-state index is 0.368. The van der Waals surface area contributed by atoms with Gasteiger partial charge in [0.15, 0.2) is 0 Å². The van der Waals surface area contributed by atoms with E-state index in [0.717, 1.165) is 28.7 Å². The van der Waals surface area contributed by atoms with E-state index in [-0.39, 0.29) is 5.82 Å². The molecule has 0 aromatic heterocycles. The van der Waals surface area contributed by atoms with Gasteiger partial charge in [-0.3, -0.25) is 0 Å². The van der Waals surface area contributed by atoms with E-state index in [9.17, 15) is 9.41 Å². The Labute approximate surface area is 120 Å². The zero-order valence-electron chi connectivity index (χ0n) is 10.5. The highest BCUT2D eigenvalue weighted by Gasteiger charge is 2.27. The van der Waals surface area contributed by atoms with Crippen LogP contribution in [0.25, 0.3) is 0 Å². The van der Waals surface area contributed by atoms with Gasteiger partial charge in [0.1, 0.15) is 5.82 Å². The quantitative estimate of drug-likeness (QED) is 0.456. The lowest BCUT2D eigenvalue weighted by Gasteiger charge is -2.08. The number of halogens is 1. The molecule has 7 heteroatoms. The number of anilines is 2. The van der Waals surface area contributed by atoms with Crippen molar-refractivity contribution in [2.75, 3.05) is 10.5 Å². The molecule has 0 fully saturated rings. The van der Waals surface area contributed by atoms with Crippen molar-refractivity contribution in [3.8, 4) is 0 Å². The Hall–Kier alpha value is -1.70. The molecule has 1 aliphatic heterocycles. The number of hydrogen-bond acceptors (Lipinski definition) is 5. The maximum absolute atomic E-state index is 13.6. The Morgan fingerprint density at radius 1 is 1.30 bits per heavy atom. The van der Waals surface area contributed by atoms with Gasteiger partial charge in [-0.15, -0.1) is 0 Å². The third kappa shape index (κ3) is 2.60. The van der Waals surface area contributed by atoms with Gasteiger partial charge in [-0.25, -0.2) is 4.39 Å². The van der Waals surface area contributed by atoms with E-state index in [2.05, 4.69) is 4.72 Å². The predicted octanol–water partition coefficient (Wildman–Crippen LogP) is 1.74. The van der Waals surface area contributed by atoms with E-state index in [1.807, 2.05) is 12.1 Å². The van der Waals surface area contributed by atoms with Crippen molar-refractivity contribution in [1.82, 2.24) is 0 Å². The van der Waals surface area contributed by atoms with Crippen molar-refractivity contribution in [2.24, 2.45) is 0 Å². The first-order chi connectivity index (χ1) is 9.63. The van der Waals surface area contributed by atoms with E-state index in [0.29, 0.717) is 17.2 Å². The maximum Gasteiger partial charge on any atom is 0.491 e. The molecule has 0 unspecified atom stereocenters. The molecule has 2 aromatic carbocycles. The SMILES string of the molecule is Nc1ccc(SNc2ccc3c(c2)B(O)OC3)c(F)c1. The summed E-state index contributed by atoms with van der Waals surface area (Å²) < 4.78 is 21.8. The van der Waals surface area contributed by atoms with Crippen LogP contribution in [0.2, 0.25) is 0 Å². The number of hydrogen-bond donors (Lipinski definition) is 3. The normalized spacial score (nSPS) is 13.4. The molecule has 0 spiro atoms. The molecule has 1 heterocycles. The third-order valence-electron chi connectivity index (χ3n) is 3.04. The van der Waals surface area contributed by atoms with E-state index in [1.54, 1.807) is 18.2 Å². The summed E-state index contributed by atoms with van der Waals surface area (Å²) in [6.07, 6.45) is 0. The molecule has 1 aliphatic rings. The summed E-state index contributed by atoms with van der Waals surface area (Å²) in [4.78, 5) is 0.455. The van der Waals surface area contributed by atoms with Crippen LogP contribution < -0.4 is 15.9 Å². The van der Waals surface area contributed by atoms with E-state index in [1.165, 1.54) is 6.07 Å². The smallest absolute Gasteiger partial charge is 0.423 e. The Morgan fingerprint density at radius 2 is 2.15 bits per heavy atom. The van der Waals surface area contributed by atoms with Crippen LogP contribution in [-0.4, -0.2) is 12.1 Å². The summed E-state index contributed by atoms with van der Waals surface area (Å²) in [5.74, 6) is -0.368. The lowest BCUT2D eigenvalue weighted by Crippen LogP contribution is -2.28. The van der Waals surface area contributed by atoms with Gasteiger partial charge >= 0.3 is 7.12 Å². The average molecular weight is 290 g/mol. The molecule has 4 nitrogen and oxygen atoms in total. The molecule has 0 aliphatic carbocycles. The maximum atomic E-state index is 13.6. The molecule has 0 amide bonds. The van der Waals surface area contributed by atoms with Crippen LogP contribution in [0, 0.1) is 5.82 Å².